The molecule has 1 atom stereocenters. The van der Waals surface area contributed by atoms with Gasteiger partial charge in [-0.05, 0) is 48.9 Å². The van der Waals surface area contributed by atoms with Crippen LogP contribution in [0.3, 0.4) is 0 Å². The van der Waals surface area contributed by atoms with Crippen LogP contribution >= 0.6 is 15.9 Å². The number of nitrogens with zero attached hydrogens (tertiary/aromatic N) is 1. The number of anilines is 1. The van der Waals surface area contributed by atoms with Gasteiger partial charge in [-0.25, -0.2) is 0 Å². The molecule has 1 amide bonds. The van der Waals surface area contributed by atoms with Gasteiger partial charge in [0, 0.05) is 28.2 Å². The minimum absolute atomic E-state index is 0.187. The van der Waals surface area contributed by atoms with Crippen molar-refractivity contribution in [2.45, 2.75) is 19.4 Å². The Morgan fingerprint density at radius 3 is 2.96 bits per heavy atom. The lowest BCUT2D eigenvalue weighted by Crippen LogP contribution is -2.11. The predicted molar refractivity (Wildman–Crippen MR) is 97.8 cm³/mol. The van der Waals surface area contributed by atoms with Crippen molar-refractivity contribution in [2.75, 3.05) is 5.32 Å². The Morgan fingerprint density at radius 1 is 1.24 bits per heavy atom. The maximum atomic E-state index is 12.3. The Hall–Kier alpha value is -2.60. The van der Waals surface area contributed by atoms with E-state index in [9.17, 15) is 4.79 Å². The van der Waals surface area contributed by atoms with E-state index in [0.717, 1.165) is 27.8 Å². The number of benzene rings is 2. The molecule has 1 aromatic heterocycles. The smallest absolute Gasteiger partial charge is 0.277 e. The third kappa shape index (κ3) is 3.30. The summed E-state index contributed by atoms with van der Waals surface area (Å²) in [5.74, 6) is 1.15. The maximum absolute atomic E-state index is 12.3. The fraction of sp³-hybridized carbons (Fsp3) is 0.158. The van der Waals surface area contributed by atoms with Crippen LogP contribution in [-0.4, -0.2) is 17.2 Å². The van der Waals surface area contributed by atoms with Crippen molar-refractivity contribution in [1.29, 1.82) is 0 Å². The molecule has 6 heteroatoms. The highest BCUT2D eigenvalue weighted by Crippen LogP contribution is 2.33. The highest BCUT2D eigenvalue weighted by molar-refractivity contribution is 9.10. The summed E-state index contributed by atoms with van der Waals surface area (Å²) in [7, 11) is 0. The normalized spacial score (nSPS) is 15.5. The average Bonchev–Trinajstić information content (AvgIpc) is 3.19. The van der Waals surface area contributed by atoms with Gasteiger partial charge in [0.05, 0.1) is 0 Å². The Balaban J connectivity index is 1.54. The summed E-state index contributed by atoms with van der Waals surface area (Å²) in [6.45, 7) is 2.04. The van der Waals surface area contributed by atoms with E-state index in [1.807, 2.05) is 49.4 Å². The topological polar surface area (TPSA) is 64.4 Å². The van der Waals surface area contributed by atoms with Crippen molar-refractivity contribution in [3.05, 3.63) is 64.3 Å². The SMILES string of the molecule is C[C@@H]1Cc2cc(-c3cc(C(=O)Nc4cccc(Br)c4)no3)ccc2O1. The Morgan fingerprint density at radius 2 is 2.12 bits per heavy atom. The number of hydrogen-bond acceptors (Lipinski definition) is 4. The predicted octanol–water partition coefficient (Wildman–Crippen LogP) is 4.68. The Kier molecular flexibility index (Phi) is 4.05. The molecule has 25 heavy (non-hydrogen) atoms. The third-order valence-corrected chi connectivity index (χ3v) is 4.50. The van der Waals surface area contributed by atoms with Crippen molar-refractivity contribution in [1.82, 2.24) is 5.16 Å². The molecule has 0 aliphatic carbocycles. The standard InChI is InChI=1S/C19H15BrN2O3/c1-11-7-13-8-12(5-6-17(13)24-11)18-10-16(22-25-18)19(23)21-15-4-2-3-14(20)9-15/h2-6,8-11H,7H2,1H3,(H,21,23)/t11-/m1/s1. The summed E-state index contributed by atoms with van der Waals surface area (Å²) in [6.07, 6.45) is 1.06. The molecule has 0 radical (unpaired) electrons. The second kappa shape index (κ2) is 6.37. The van der Waals surface area contributed by atoms with E-state index in [-0.39, 0.29) is 17.7 Å². The molecule has 2 heterocycles. The lowest BCUT2D eigenvalue weighted by atomic mass is 10.1. The molecule has 126 valence electrons. The van der Waals surface area contributed by atoms with E-state index in [4.69, 9.17) is 9.26 Å². The van der Waals surface area contributed by atoms with E-state index in [1.165, 1.54) is 0 Å². The molecule has 1 aliphatic rings. The van der Waals surface area contributed by atoms with Crippen LogP contribution in [0, 0.1) is 0 Å². The number of nitrogens with one attached hydrogen (secondary N) is 1. The van der Waals surface area contributed by atoms with Gasteiger partial charge in [0.25, 0.3) is 5.91 Å². The summed E-state index contributed by atoms with van der Waals surface area (Å²) in [6, 6.07) is 14.9. The number of hydrogen-bond donors (Lipinski definition) is 1. The monoisotopic (exact) mass is 398 g/mol. The summed E-state index contributed by atoms with van der Waals surface area (Å²) in [5, 5.41) is 6.69. The second-order valence-corrected chi connectivity index (χ2v) is 6.91. The molecule has 0 unspecified atom stereocenters. The van der Waals surface area contributed by atoms with Crippen LogP contribution in [0.15, 0.2) is 57.5 Å². The van der Waals surface area contributed by atoms with E-state index in [2.05, 4.69) is 26.4 Å². The van der Waals surface area contributed by atoms with Gasteiger partial charge in [0.2, 0.25) is 0 Å². The number of ether oxygens (including phenoxy) is 1. The molecule has 2 aromatic carbocycles. The fourth-order valence-electron chi connectivity index (χ4n) is 2.85. The number of amides is 1. The van der Waals surface area contributed by atoms with Gasteiger partial charge in [0.1, 0.15) is 11.9 Å². The van der Waals surface area contributed by atoms with Crippen LogP contribution in [0.5, 0.6) is 5.75 Å². The number of carbonyl (C=O) groups is 1. The quantitative estimate of drug-likeness (QED) is 0.695. The minimum atomic E-state index is -0.314. The van der Waals surface area contributed by atoms with Gasteiger partial charge >= 0.3 is 0 Å². The fourth-order valence-corrected chi connectivity index (χ4v) is 3.25. The zero-order valence-electron chi connectivity index (χ0n) is 13.5. The van der Waals surface area contributed by atoms with Crippen LogP contribution < -0.4 is 10.1 Å². The maximum Gasteiger partial charge on any atom is 0.277 e. The first kappa shape index (κ1) is 15.9. The number of carbonyl (C=O) groups excluding carboxylic acids is 1. The molecule has 4 rings (SSSR count). The van der Waals surface area contributed by atoms with Crippen molar-refractivity contribution < 1.29 is 14.1 Å². The largest absolute Gasteiger partial charge is 0.490 e. The first-order chi connectivity index (χ1) is 12.1. The Bertz CT molecular complexity index is 951. The first-order valence-electron chi connectivity index (χ1n) is 7.92. The van der Waals surface area contributed by atoms with Crippen LogP contribution in [0.1, 0.15) is 23.0 Å². The van der Waals surface area contributed by atoms with Gasteiger partial charge in [0.15, 0.2) is 11.5 Å². The summed E-state index contributed by atoms with van der Waals surface area (Å²) in [4.78, 5) is 12.3. The van der Waals surface area contributed by atoms with Crippen molar-refractivity contribution >= 4 is 27.5 Å². The number of fused-ring (bicyclic) bond motifs is 1. The molecule has 0 bridgehead atoms. The number of halogens is 1. The molecule has 0 fully saturated rings. The van der Waals surface area contributed by atoms with Gasteiger partial charge in [-0.1, -0.05) is 27.2 Å². The average molecular weight is 399 g/mol. The first-order valence-corrected chi connectivity index (χ1v) is 8.71. The lowest BCUT2D eigenvalue weighted by Gasteiger charge is -2.02. The van der Waals surface area contributed by atoms with E-state index >= 15 is 0 Å². The van der Waals surface area contributed by atoms with Gasteiger partial charge in [-0.15, -0.1) is 0 Å². The Labute approximate surface area is 153 Å². The number of rotatable bonds is 3. The van der Waals surface area contributed by atoms with Crippen molar-refractivity contribution in [2.24, 2.45) is 0 Å². The summed E-state index contributed by atoms with van der Waals surface area (Å²) < 4.78 is 12.0. The van der Waals surface area contributed by atoms with E-state index < -0.39 is 0 Å². The van der Waals surface area contributed by atoms with Crippen molar-refractivity contribution in [3.8, 4) is 17.1 Å². The molecule has 3 aromatic rings. The molecule has 5 nitrogen and oxygen atoms in total. The van der Waals surface area contributed by atoms with Crippen molar-refractivity contribution in [3.63, 3.8) is 0 Å². The zero-order chi connectivity index (χ0) is 17.4. The summed E-state index contributed by atoms with van der Waals surface area (Å²) >= 11 is 3.38. The molecule has 1 aliphatic heterocycles. The van der Waals surface area contributed by atoms with Gasteiger partial charge < -0.3 is 14.6 Å². The zero-order valence-corrected chi connectivity index (χ0v) is 15.0. The molecule has 1 N–H and O–H groups in total. The lowest BCUT2D eigenvalue weighted by molar-refractivity contribution is 0.101. The molecular formula is C19H15BrN2O3. The van der Waals surface area contributed by atoms with E-state index in [1.54, 1.807) is 6.07 Å². The third-order valence-electron chi connectivity index (χ3n) is 4.01. The number of aromatic nitrogens is 1. The van der Waals surface area contributed by atoms with Crippen LogP contribution in [-0.2, 0) is 6.42 Å². The van der Waals surface area contributed by atoms with Gasteiger partial charge in [-0.3, -0.25) is 4.79 Å². The molecule has 0 spiro atoms. The minimum Gasteiger partial charge on any atom is -0.490 e. The highest BCUT2D eigenvalue weighted by Gasteiger charge is 2.21. The van der Waals surface area contributed by atoms with Crippen LogP contribution in [0.2, 0.25) is 0 Å². The van der Waals surface area contributed by atoms with Crippen LogP contribution in [0.25, 0.3) is 11.3 Å². The second-order valence-electron chi connectivity index (χ2n) is 6.00. The molecule has 0 saturated heterocycles. The summed E-state index contributed by atoms with van der Waals surface area (Å²) in [5.41, 5.74) is 2.94. The molecular weight excluding hydrogens is 384 g/mol. The molecule has 0 saturated carbocycles. The van der Waals surface area contributed by atoms with E-state index in [0.29, 0.717) is 11.4 Å². The van der Waals surface area contributed by atoms with Crippen LogP contribution in [0.4, 0.5) is 5.69 Å². The van der Waals surface area contributed by atoms with Gasteiger partial charge in [-0.2, -0.15) is 0 Å². The highest BCUT2D eigenvalue weighted by atomic mass is 79.9.